The van der Waals surface area contributed by atoms with E-state index in [1.165, 1.54) is 4.90 Å². The quantitative estimate of drug-likeness (QED) is 0.867. The molecule has 0 aliphatic rings. The summed E-state index contributed by atoms with van der Waals surface area (Å²) in [6.07, 6.45) is 0. The van der Waals surface area contributed by atoms with Gasteiger partial charge in [-0.3, -0.25) is 9.69 Å². The normalized spacial score (nSPS) is 11.6. The molecule has 1 rings (SSSR count). The number of rotatable bonds is 5. The van der Waals surface area contributed by atoms with Gasteiger partial charge in [0.15, 0.2) is 0 Å². The zero-order chi connectivity index (χ0) is 16.0. The summed E-state index contributed by atoms with van der Waals surface area (Å²) >= 11 is 0. The molecule has 112 valence electrons. The average Bonchev–Trinajstić information content (AvgIpc) is 2.45. The smallest absolute Gasteiger partial charge is 0.321 e. The summed E-state index contributed by atoms with van der Waals surface area (Å²) in [5.74, 6) is -1.64. The number of hydrogen-bond acceptors (Lipinski definition) is 3. The summed E-state index contributed by atoms with van der Waals surface area (Å²) < 4.78 is 0. The molecule has 0 saturated carbocycles. The summed E-state index contributed by atoms with van der Waals surface area (Å²) in [6.45, 7) is 3.66. The molecule has 2 amide bonds. The van der Waals surface area contributed by atoms with Crippen molar-refractivity contribution in [1.29, 1.82) is 5.26 Å². The fraction of sp³-hybridized carbons (Fsp3) is 0.400. The van der Waals surface area contributed by atoms with Gasteiger partial charge in [0.05, 0.1) is 17.6 Å². The molecule has 1 aromatic carbocycles. The first kappa shape index (κ1) is 16.5. The van der Waals surface area contributed by atoms with E-state index in [9.17, 15) is 9.59 Å². The third-order valence-electron chi connectivity index (χ3n) is 3.26. The van der Waals surface area contributed by atoms with E-state index in [2.05, 4.69) is 5.32 Å². The molecule has 2 N–H and O–H groups in total. The molecule has 0 radical (unpaired) electrons. The molecule has 1 aromatic rings. The van der Waals surface area contributed by atoms with E-state index in [1.54, 1.807) is 45.2 Å². The number of anilines is 1. The number of carbonyl (C=O) groups excluding carboxylic acids is 1. The number of carboxylic acid groups (broad SMARTS) is 1. The van der Waals surface area contributed by atoms with Gasteiger partial charge in [0.1, 0.15) is 0 Å². The fourth-order valence-corrected chi connectivity index (χ4v) is 1.83. The molecule has 0 aromatic heterocycles. The van der Waals surface area contributed by atoms with Crippen LogP contribution in [-0.4, -0.2) is 30.7 Å². The van der Waals surface area contributed by atoms with E-state index < -0.39 is 17.9 Å². The molecule has 6 nitrogen and oxygen atoms in total. The van der Waals surface area contributed by atoms with E-state index in [0.29, 0.717) is 11.3 Å². The number of nitrogens with zero attached hydrogens (tertiary/aromatic N) is 2. The number of amides is 2. The van der Waals surface area contributed by atoms with Gasteiger partial charge in [0.2, 0.25) is 0 Å². The van der Waals surface area contributed by atoms with Crippen molar-refractivity contribution in [3.63, 3.8) is 0 Å². The van der Waals surface area contributed by atoms with Gasteiger partial charge in [-0.15, -0.1) is 0 Å². The predicted octanol–water partition coefficient (Wildman–Crippen LogP) is 2.06. The Kier molecular flexibility index (Phi) is 5.73. The zero-order valence-electron chi connectivity index (χ0n) is 12.3. The lowest BCUT2D eigenvalue weighted by Gasteiger charge is -2.21. The van der Waals surface area contributed by atoms with Gasteiger partial charge in [0, 0.05) is 19.3 Å². The standard InChI is InChI=1S/C15H19N3O3/c1-10(2)13(14(19)20)9-17-15(21)18(3)12-6-4-5-11(7-12)8-16/h4-7,10,13H,9H2,1-3H3,(H,17,21)(H,19,20). The Balaban J connectivity index is 2.70. The van der Waals surface area contributed by atoms with Gasteiger partial charge in [-0.05, 0) is 24.1 Å². The van der Waals surface area contributed by atoms with Crippen LogP contribution in [0.2, 0.25) is 0 Å². The molecule has 0 saturated heterocycles. The van der Waals surface area contributed by atoms with Gasteiger partial charge >= 0.3 is 12.0 Å². The molecule has 1 atom stereocenters. The van der Waals surface area contributed by atoms with Crippen LogP contribution in [0.3, 0.4) is 0 Å². The van der Waals surface area contributed by atoms with Crippen molar-refractivity contribution in [2.24, 2.45) is 11.8 Å². The largest absolute Gasteiger partial charge is 0.481 e. The number of benzene rings is 1. The van der Waals surface area contributed by atoms with Crippen molar-refractivity contribution in [2.75, 3.05) is 18.5 Å². The molecule has 1 unspecified atom stereocenters. The summed E-state index contributed by atoms with van der Waals surface area (Å²) in [5, 5.41) is 20.5. The minimum atomic E-state index is -0.931. The van der Waals surface area contributed by atoms with Crippen LogP contribution >= 0.6 is 0 Å². The van der Waals surface area contributed by atoms with E-state index in [1.807, 2.05) is 6.07 Å². The Morgan fingerprint density at radius 3 is 2.62 bits per heavy atom. The highest BCUT2D eigenvalue weighted by Gasteiger charge is 2.22. The maximum absolute atomic E-state index is 12.0. The molecule has 0 spiro atoms. The second kappa shape index (κ2) is 7.29. The highest BCUT2D eigenvalue weighted by atomic mass is 16.4. The van der Waals surface area contributed by atoms with E-state index in [4.69, 9.17) is 10.4 Å². The molecule has 0 bridgehead atoms. The molecular weight excluding hydrogens is 270 g/mol. The average molecular weight is 289 g/mol. The van der Waals surface area contributed by atoms with Gasteiger partial charge in [0.25, 0.3) is 0 Å². The Hall–Kier alpha value is -2.55. The van der Waals surface area contributed by atoms with E-state index >= 15 is 0 Å². The minimum Gasteiger partial charge on any atom is -0.481 e. The summed E-state index contributed by atoms with van der Waals surface area (Å²) in [6, 6.07) is 8.23. The number of carboxylic acids is 1. The predicted molar refractivity (Wildman–Crippen MR) is 78.9 cm³/mol. The highest BCUT2D eigenvalue weighted by Crippen LogP contribution is 2.15. The molecule has 0 aliphatic heterocycles. The van der Waals surface area contributed by atoms with Crippen molar-refractivity contribution in [3.05, 3.63) is 29.8 Å². The lowest BCUT2D eigenvalue weighted by molar-refractivity contribution is -0.142. The summed E-state index contributed by atoms with van der Waals surface area (Å²) in [7, 11) is 1.57. The molecule has 0 fully saturated rings. The number of hydrogen-bond donors (Lipinski definition) is 2. The van der Waals surface area contributed by atoms with E-state index in [0.717, 1.165) is 0 Å². The first-order valence-electron chi connectivity index (χ1n) is 6.61. The van der Waals surface area contributed by atoms with Crippen LogP contribution in [-0.2, 0) is 4.79 Å². The number of nitriles is 1. The Bertz CT molecular complexity index is 564. The summed E-state index contributed by atoms with van der Waals surface area (Å²) in [5.41, 5.74) is 1.03. The topological polar surface area (TPSA) is 93.4 Å². The monoisotopic (exact) mass is 289 g/mol. The van der Waals surface area contributed by atoms with Crippen molar-refractivity contribution in [2.45, 2.75) is 13.8 Å². The van der Waals surface area contributed by atoms with Crippen LogP contribution in [0.1, 0.15) is 19.4 Å². The van der Waals surface area contributed by atoms with Crippen LogP contribution in [0.4, 0.5) is 10.5 Å². The van der Waals surface area contributed by atoms with Crippen molar-refractivity contribution < 1.29 is 14.7 Å². The molecular formula is C15H19N3O3. The third-order valence-corrected chi connectivity index (χ3v) is 3.26. The lowest BCUT2D eigenvalue weighted by Crippen LogP contribution is -2.42. The maximum Gasteiger partial charge on any atom is 0.321 e. The Labute approximate surface area is 124 Å². The zero-order valence-corrected chi connectivity index (χ0v) is 12.3. The fourth-order valence-electron chi connectivity index (χ4n) is 1.83. The number of urea groups is 1. The van der Waals surface area contributed by atoms with Crippen LogP contribution in [0.15, 0.2) is 24.3 Å². The van der Waals surface area contributed by atoms with Crippen LogP contribution in [0, 0.1) is 23.2 Å². The van der Waals surface area contributed by atoms with Gasteiger partial charge in [-0.2, -0.15) is 5.26 Å². The first-order valence-corrected chi connectivity index (χ1v) is 6.61. The lowest BCUT2D eigenvalue weighted by atomic mass is 9.96. The minimum absolute atomic E-state index is 0.0636. The van der Waals surface area contributed by atoms with Gasteiger partial charge in [-0.1, -0.05) is 19.9 Å². The Morgan fingerprint density at radius 1 is 1.43 bits per heavy atom. The molecule has 0 heterocycles. The second-order valence-corrected chi connectivity index (χ2v) is 5.10. The van der Waals surface area contributed by atoms with Crippen LogP contribution in [0.5, 0.6) is 0 Å². The highest BCUT2D eigenvalue weighted by molar-refractivity contribution is 5.91. The second-order valence-electron chi connectivity index (χ2n) is 5.10. The number of carbonyl (C=O) groups is 2. The molecule has 6 heteroatoms. The van der Waals surface area contributed by atoms with Gasteiger partial charge < -0.3 is 10.4 Å². The third kappa shape index (κ3) is 4.49. The summed E-state index contributed by atoms with van der Waals surface area (Å²) in [4.78, 5) is 24.5. The number of nitrogens with one attached hydrogen (secondary N) is 1. The Morgan fingerprint density at radius 2 is 2.10 bits per heavy atom. The van der Waals surface area contributed by atoms with E-state index in [-0.39, 0.29) is 12.5 Å². The van der Waals surface area contributed by atoms with Gasteiger partial charge in [-0.25, -0.2) is 4.79 Å². The molecule has 0 aliphatic carbocycles. The van der Waals surface area contributed by atoms with Crippen molar-refractivity contribution in [1.82, 2.24) is 5.32 Å². The number of aliphatic carboxylic acids is 1. The first-order chi connectivity index (χ1) is 9.86. The SMILES string of the molecule is CC(C)C(CNC(=O)N(C)c1cccc(C#N)c1)C(=O)O. The maximum atomic E-state index is 12.0. The van der Waals surface area contributed by atoms with Crippen LogP contribution in [0.25, 0.3) is 0 Å². The van der Waals surface area contributed by atoms with Crippen molar-refractivity contribution >= 4 is 17.7 Å². The van der Waals surface area contributed by atoms with Crippen LogP contribution < -0.4 is 10.2 Å². The van der Waals surface area contributed by atoms with Crippen molar-refractivity contribution in [3.8, 4) is 6.07 Å². The molecule has 21 heavy (non-hydrogen) atoms.